The molecule has 76 valence electrons. The maximum Gasteiger partial charge on any atom is 0.182 e. The lowest BCUT2D eigenvalue weighted by Gasteiger charge is -2.07. The maximum absolute atomic E-state index is 5.73. The monoisotopic (exact) mass is 193 g/mol. The Morgan fingerprint density at radius 3 is 2.64 bits per heavy atom. The lowest BCUT2D eigenvalue weighted by Crippen LogP contribution is -2.02. The number of rotatable bonds is 1. The fraction of sp³-hybridized carbons (Fsp3) is 0.444. The van der Waals surface area contributed by atoms with E-state index in [0.29, 0.717) is 17.5 Å². The van der Waals surface area contributed by atoms with Crippen LogP contribution in [-0.2, 0) is 0 Å². The fourth-order valence-electron chi connectivity index (χ4n) is 1.29. The highest BCUT2D eigenvalue weighted by Crippen LogP contribution is 2.18. The van der Waals surface area contributed by atoms with Gasteiger partial charge in [-0.1, -0.05) is 7.43 Å². The van der Waals surface area contributed by atoms with Gasteiger partial charge in [-0.25, -0.2) is 15.0 Å². The molecule has 14 heavy (non-hydrogen) atoms. The van der Waals surface area contributed by atoms with E-state index >= 15 is 0 Å². The van der Waals surface area contributed by atoms with Gasteiger partial charge in [-0.3, -0.25) is 0 Å². The standard InChI is InChI=1S/C8H11N5.CH4/c1-5(2)13-4-12-8-6(13)7(9)10-3-11-8;/h3-5H,1-2H3,(H2,9,10,11);1H4. The normalized spacial score (nSPS) is 10.5. The summed E-state index contributed by atoms with van der Waals surface area (Å²) in [6, 6.07) is 0.318. The molecule has 2 heterocycles. The van der Waals surface area contributed by atoms with E-state index in [2.05, 4.69) is 28.8 Å². The van der Waals surface area contributed by atoms with Crippen LogP contribution in [0.25, 0.3) is 11.2 Å². The molecule has 0 fully saturated rings. The summed E-state index contributed by atoms with van der Waals surface area (Å²) in [7, 11) is 0. The SMILES string of the molecule is C.CC(C)n1cnc2ncnc(N)c21. The molecular formula is C9H15N5. The van der Waals surface area contributed by atoms with E-state index in [1.807, 2.05) is 4.57 Å². The third-order valence-electron chi connectivity index (χ3n) is 1.95. The summed E-state index contributed by atoms with van der Waals surface area (Å²) in [6.07, 6.45) is 3.16. The number of nitrogens with two attached hydrogens (primary N) is 1. The van der Waals surface area contributed by atoms with Crippen molar-refractivity contribution in [2.24, 2.45) is 0 Å². The quantitative estimate of drug-likeness (QED) is 0.747. The Kier molecular flexibility index (Phi) is 2.69. The Morgan fingerprint density at radius 1 is 1.29 bits per heavy atom. The highest BCUT2D eigenvalue weighted by atomic mass is 15.1. The molecule has 0 amide bonds. The van der Waals surface area contributed by atoms with Crippen molar-refractivity contribution in [2.45, 2.75) is 27.3 Å². The summed E-state index contributed by atoms with van der Waals surface area (Å²) < 4.78 is 1.96. The Bertz CT molecular complexity index is 432. The minimum atomic E-state index is 0. The van der Waals surface area contributed by atoms with Gasteiger partial charge in [0.2, 0.25) is 0 Å². The molecule has 2 aromatic heterocycles. The molecule has 0 atom stereocenters. The number of anilines is 1. The van der Waals surface area contributed by atoms with Crippen LogP contribution >= 0.6 is 0 Å². The van der Waals surface area contributed by atoms with Crippen molar-refractivity contribution in [1.82, 2.24) is 19.5 Å². The zero-order chi connectivity index (χ0) is 9.42. The van der Waals surface area contributed by atoms with Crippen molar-refractivity contribution in [3.8, 4) is 0 Å². The van der Waals surface area contributed by atoms with Crippen molar-refractivity contribution in [2.75, 3.05) is 5.73 Å². The van der Waals surface area contributed by atoms with Gasteiger partial charge in [0.05, 0.1) is 6.33 Å². The molecule has 0 saturated carbocycles. The second-order valence-electron chi connectivity index (χ2n) is 3.18. The summed E-state index contributed by atoms with van der Waals surface area (Å²) in [5, 5.41) is 0. The molecule has 2 aromatic rings. The highest BCUT2D eigenvalue weighted by Gasteiger charge is 2.09. The van der Waals surface area contributed by atoms with Crippen molar-refractivity contribution in [1.29, 1.82) is 0 Å². The van der Waals surface area contributed by atoms with Gasteiger partial charge in [-0.15, -0.1) is 0 Å². The molecule has 0 aromatic carbocycles. The zero-order valence-corrected chi connectivity index (χ0v) is 7.60. The molecule has 0 radical (unpaired) electrons. The van der Waals surface area contributed by atoms with Crippen LogP contribution in [0, 0.1) is 0 Å². The third kappa shape index (κ3) is 1.41. The molecule has 5 heteroatoms. The first-order chi connectivity index (χ1) is 6.20. The summed E-state index contributed by atoms with van der Waals surface area (Å²) in [5.41, 5.74) is 7.20. The summed E-state index contributed by atoms with van der Waals surface area (Å²) in [6.45, 7) is 4.13. The Hall–Kier alpha value is -1.65. The van der Waals surface area contributed by atoms with E-state index in [1.54, 1.807) is 6.33 Å². The van der Waals surface area contributed by atoms with Gasteiger partial charge in [-0.2, -0.15) is 0 Å². The van der Waals surface area contributed by atoms with E-state index in [-0.39, 0.29) is 7.43 Å². The van der Waals surface area contributed by atoms with Crippen LogP contribution in [0.2, 0.25) is 0 Å². The number of fused-ring (bicyclic) bond motifs is 1. The van der Waals surface area contributed by atoms with Crippen LogP contribution in [0.15, 0.2) is 12.7 Å². The van der Waals surface area contributed by atoms with Gasteiger partial charge in [0.25, 0.3) is 0 Å². The molecule has 0 saturated heterocycles. The molecule has 0 bridgehead atoms. The van der Waals surface area contributed by atoms with Gasteiger partial charge in [-0.05, 0) is 13.8 Å². The second-order valence-corrected chi connectivity index (χ2v) is 3.18. The average Bonchev–Trinajstić information content (AvgIpc) is 2.49. The third-order valence-corrected chi connectivity index (χ3v) is 1.95. The summed E-state index contributed by atoms with van der Waals surface area (Å²) >= 11 is 0. The molecular weight excluding hydrogens is 178 g/mol. The Balaban J connectivity index is 0.000000980. The van der Waals surface area contributed by atoms with Crippen LogP contribution in [0.5, 0.6) is 0 Å². The predicted molar refractivity (Wildman–Crippen MR) is 56.9 cm³/mol. The summed E-state index contributed by atoms with van der Waals surface area (Å²) in [5.74, 6) is 0.483. The molecule has 2 rings (SSSR count). The van der Waals surface area contributed by atoms with Crippen LogP contribution < -0.4 is 5.73 Å². The number of aromatic nitrogens is 4. The minimum absolute atomic E-state index is 0. The van der Waals surface area contributed by atoms with Gasteiger partial charge < -0.3 is 10.3 Å². The lowest BCUT2D eigenvalue weighted by molar-refractivity contribution is 0.617. The van der Waals surface area contributed by atoms with Gasteiger partial charge in [0.15, 0.2) is 11.5 Å². The topological polar surface area (TPSA) is 69.6 Å². The second kappa shape index (κ2) is 3.61. The van der Waals surface area contributed by atoms with Crippen molar-refractivity contribution in [3.63, 3.8) is 0 Å². The van der Waals surface area contributed by atoms with Gasteiger partial charge >= 0.3 is 0 Å². The number of nitrogens with zero attached hydrogens (tertiary/aromatic N) is 4. The van der Waals surface area contributed by atoms with Crippen LogP contribution in [0.1, 0.15) is 27.3 Å². The van der Waals surface area contributed by atoms with E-state index in [1.165, 1.54) is 6.33 Å². The smallest absolute Gasteiger partial charge is 0.182 e. The molecule has 0 aliphatic heterocycles. The van der Waals surface area contributed by atoms with Crippen molar-refractivity contribution >= 4 is 17.0 Å². The minimum Gasteiger partial charge on any atom is -0.382 e. The molecule has 2 N–H and O–H groups in total. The van der Waals surface area contributed by atoms with Crippen molar-refractivity contribution in [3.05, 3.63) is 12.7 Å². The molecule has 0 aliphatic rings. The molecule has 5 nitrogen and oxygen atoms in total. The van der Waals surface area contributed by atoms with E-state index in [9.17, 15) is 0 Å². The largest absolute Gasteiger partial charge is 0.382 e. The predicted octanol–water partition coefficient (Wildman–Crippen LogP) is 1.63. The van der Waals surface area contributed by atoms with Gasteiger partial charge in [0, 0.05) is 6.04 Å². The number of hydrogen-bond acceptors (Lipinski definition) is 4. The fourth-order valence-corrected chi connectivity index (χ4v) is 1.29. The first-order valence-corrected chi connectivity index (χ1v) is 4.13. The van der Waals surface area contributed by atoms with Crippen LogP contribution in [-0.4, -0.2) is 19.5 Å². The van der Waals surface area contributed by atoms with Crippen LogP contribution in [0.4, 0.5) is 5.82 Å². The Labute approximate surface area is 83.0 Å². The molecule has 0 unspecified atom stereocenters. The van der Waals surface area contributed by atoms with E-state index < -0.39 is 0 Å². The first-order valence-electron chi connectivity index (χ1n) is 4.13. The average molecular weight is 193 g/mol. The van der Waals surface area contributed by atoms with Gasteiger partial charge in [0.1, 0.15) is 11.8 Å². The molecule has 0 spiro atoms. The lowest BCUT2D eigenvalue weighted by atomic mass is 10.3. The van der Waals surface area contributed by atoms with Crippen molar-refractivity contribution < 1.29 is 0 Å². The highest BCUT2D eigenvalue weighted by molar-refractivity contribution is 5.81. The number of hydrogen-bond donors (Lipinski definition) is 1. The first kappa shape index (κ1) is 10.4. The van der Waals surface area contributed by atoms with E-state index in [4.69, 9.17) is 5.73 Å². The number of imidazole rings is 1. The zero-order valence-electron chi connectivity index (χ0n) is 7.60. The van der Waals surface area contributed by atoms with E-state index in [0.717, 1.165) is 5.52 Å². The number of nitrogen functional groups attached to an aromatic ring is 1. The summed E-state index contributed by atoms with van der Waals surface area (Å²) in [4.78, 5) is 12.1. The van der Waals surface area contributed by atoms with Crippen LogP contribution in [0.3, 0.4) is 0 Å². The maximum atomic E-state index is 5.73. The molecule has 0 aliphatic carbocycles. The Morgan fingerprint density at radius 2 is 2.00 bits per heavy atom.